The standard InChI is InChI=1S/C12H11NO2S/c1-2-16(14,15)12-8-7-11(13)9-5-3-4-6-10(9)12/h2-8H,1,13H2. The van der Waals surface area contributed by atoms with Gasteiger partial charge in [0.2, 0.25) is 0 Å². The van der Waals surface area contributed by atoms with Gasteiger partial charge in [0.25, 0.3) is 0 Å². The molecule has 0 aromatic heterocycles. The first-order valence-electron chi connectivity index (χ1n) is 4.71. The van der Waals surface area contributed by atoms with Crippen LogP contribution in [0.15, 0.2) is 53.3 Å². The van der Waals surface area contributed by atoms with Crippen molar-refractivity contribution < 1.29 is 8.42 Å². The highest BCUT2D eigenvalue weighted by atomic mass is 32.2. The molecular weight excluding hydrogens is 222 g/mol. The first kappa shape index (κ1) is 10.7. The van der Waals surface area contributed by atoms with Gasteiger partial charge in [-0.3, -0.25) is 0 Å². The van der Waals surface area contributed by atoms with E-state index in [9.17, 15) is 8.42 Å². The minimum atomic E-state index is -3.43. The summed E-state index contributed by atoms with van der Waals surface area (Å²) in [5.74, 6) is 0. The molecule has 0 amide bonds. The summed E-state index contributed by atoms with van der Waals surface area (Å²) in [6, 6.07) is 10.2. The monoisotopic (exact) mass is 233 g/mol. The summed E-state index contributed by atoms with van der Waals surface area (Å²) in [4.78, 5) is 0.243. The minimum absolute atomic E-state index is 0.243. The molecule has 2 N–H and O–H groups in total. The van der Waals surface area contributed by atoms with Crippen LogP contribution < -0.4 is 5.73 Å². The van der Waals surface area contributed by atoms with E-state index < -0.39 is 9.84 Å². The van der Waals surface area contributed by atoms with E-state index in [1.807, 2.05) is 6.07 Å². The molecule has 0 heterocycles. The lowest BCUT2D eigenvalue weighted by molar-refractivity contribution is 0.605. The molecule has 0 aliphatic carbocycles. The van der Waals surface area contributed by atoms with E-state index in [4.69, 9.17) is 5.73 Å². The Balaban J connectivity index is 2.94. The molecule has 0 bridgehead atoms. The fourth-order valence-corrected chi connectivity index (χ4v) is 2.55. The van der Waals surface area contributed by atoms with Gasteiger partial charge in [-0.25, -0.2) is 8.42 Å². The largest absolute Gasteiger partial charge is 0.398 e. The van der Waals surface area contributed by atoms with Gasteiger partial charge in [-0.05, 0) is 12.1 Å². The van der Waals surface area contributed by atoms with E-state index in [1.165, 1.54) is 6.07 Å². The van der Waals surface area contributed by atoms with Crippen molar-refractivity contribution >= 4 is 26.3 Å². The summed E-state index contributed by atoms with van der Waals surface area (Å²) in [5, 5.41) is 2.32. The number of nitrogen functional groups attached to an aromatic ring is 1. The van der Waals surface area contributed by atoms with Gasteiger partial charge in [-0.1, -0.05) is 30.8 Å². The van der Waals surface area contributed by atoms with E-state index in [2.05, 4.69) is 6.58 Å². The molecule has 0 aliphatic rings. The molecule has 16 heavy (non-hydrogen) atoms. The lowest BCUT2D eigenvalue weighted by atomic mass is 10.1. The summed E-state index contributed by atoms with van der Waals surface area (Å²) in [7, 11) is -3.43. The average molecular weight is 233 g/mol. The molecule has 4 heteroatoms. The van der Waals surface area contributed by atoms with Gasteiger partial charge in [0.1, 0.15) is 0 Å². The average Bonchev–Trinajstić information content (AvgIpc) is 2.29. The predicted molar refractivity (Wildman–Crippen MR) is 65.7 cm³/mol. The first-order valence-corrected chi connectivity index (χ1v) is 6.25. The number of nitrogens with two attached hydrogens (primary N) is 1. The lowest BCUT2D eigenvalue weighted by Crippen LogP contribution is -1.98. The van der Waals surface area contributed by atoms with Crippen LogP contribution in [0.1, 0.15) is 0 Å². The van der Waals surface area contributed by atoms with Crippen molar-refractivity contribution in [3.05, 3.63) is 48.4 Å². The summed E-state index contributed by atoms with van der Waals surface area (Å²) in [6.07, 6.45) is 0. The van der Waals surface area contributed by atoms with Crippen LogP contribution >= 0.6 is 0 Å². The molecule has 0 aliphatic heterocycles. The van der Waals surface area contributed by atoms with Gasteiger partial charge in [-0.2, -0.15) is 0 Å². The molecule has 0 atom stereocenters. The third-order valence-corrected chi connectivity index (χ3v) is 3.85. The Kier molecular flexibility index (Phi) is 2.44. The highest BCUT2D eigenvalue weighted by Crippen LogP contribution is 2.28. The van der Waals surface area contributed by atoms with Crippen LogP contribution in [0.5, 0.6) is 0 Å². The van der Waals surface area contributed by atoms with Crippen molar-refractivity contribution in [2.45, 2.75) is 4.90 Å². The predicted octanol–water partition coefficient (Wildman–Crippen LogP) is 2.34. The molecule has 0 fully saturated rings. The zero-order valence-electron chi connectivity index (χ0n) is 8.55. The smallest absolute Gasteiger partial charge is 0.199 e. The Morgan fingerprint density at radius 1 is 1.06 bits per heavy atom. The highest BCUT2D eigenvalue weighted by molar-refractivity contribution is 7.94. The van der Waals surface area contributed by atoms with Gasteiger partial charge in [0, 0.05) is 21.9 Å². The molecule has 0 unspecified atom stereocenters. The van der Waals surface area contributed by atoms with E-state index in [1.54, 1.807) is 24.3 Å². The molecular formula is C12H11NO2S. The number of hydrogen-bond donors (Lipinski definition) is 1. The fraction of sp³-hybridized carbons (Fsp3) is 0. The van der Waals surface area contributed by atoms with Crippen molar-refractivity contribution in [3.63, 3.8) is 0 Å². The lowest BCUT2D eigenvalue weighted by Gasteiger charge is -2.06. The van der Waals surface area contributed by atoms with Crippen molar-refractivity contribution in [2.24, 2.45) is 0 Å². The maximum atomic E-state index is 11.8. The summed E-state index contributed by atoms with van der Waals surface area (Å²) < 4.78 is 23.5. The summed E-state index contributed by atoms with van der Waals surface area (Å²) >= 11 is 0. The third-order valence-electron chi connectivity index (χ3n) is 2.44. The Labute approximate surface area is 94.1 Å². The van der Waals surface area contributed by atoms with Crippen LogP contribution in [0.4, 0.5) is 5.69 Å². The number of benzene rings is 2. The number of sulfone groups is 1. The number of rotatable bonds is 2. The van der Waals surface area contributed by atoms with E-state index in [0.29, 0.717) is 11.1 Å². The van der Waals surface area contributed by atoms with Crippen LogP contribution in [-0.4, -0.2) is 8.42 Å². The Morgan fingerprint density at radius 2 is 1.69 bits per heavy atom. The van der Waals surface area contributed by atoms with E-state index >= 15 is 0 Å². The van der Waals surface area contributed by atoms with E-state index in [-0.39, 0.29) is 4.90 Å². The molecule has 2 aromatic carbocycles. The highest BCUT2D eigenvalue weighted by Gasteiger charge is 2.14. The normalized spacial score (nSPS) is 11.5. The molecule has 0 radical (unpaired) electrons. The quantitative estimate of drug-likeness (QED) is 0.810. The third kappa shape index (κ3) is 1.57. The molecule has 82 valence electrons. The molecule has 2 aromatic rings. The Morgan fingerprint density at radius 3 is 2.31 bits per heavy atom. The molecule has 0 saturated carbocycles. The number of hydrogen-bond acceptors (Lipinski definition) is 3. The van der Waals surface area contributed by atoms with Crippen molar-refractivity contribution in [2.75, 3.05) is 5.73 Å². The maximum Gasteiger partial charge on any atom is 0.199 e. The summed E-state index contributed by atoms with van der Waals surface area (Å²) in [6.45, 7) is 3.32. The fourth-order valence-electron chi connectivity index (χ4n) is 1.63. The van der Waals surface area contributed by atoms with Crippen molar-refractivity contribution in [3.8, 4) is 0 Å². The van der Waals surface area contributed by atoms with Crippen LogP contribution in [0.25, 0.3) is 10.8 Å². The van der Waals surface area contributed by atoms with Gasteiger partial charge in [0.15, 0.2) is 9.84 Å². The zero-order chi connectivity index (χ0) is 11.8. The zero-order valence-corrected chi connectivity index (χ0v) is 9.37. The summed E-state index contributed by atoms with van der Waals surface area (Å²) in [5.41, 5.74) is 6.36. The minimum Gasteiger partial charge on any atom is -0.398 e. The Bertz CT molecular complexity index is 660. The maximum absolute atomic E-state index is 11.8. The SMILES string of the molecule is C=CS(=O)(=O)c1ccc(N)c2ccccc12. The van der Waals surface area contributed by atoms with Crippen LogP contribution in [-0.2, 0) is 9.84 Å². The van der Waals surface area contributed by atoms with Crippen LogP contribution in [0, 0.1) is 0 Å². The topological polar surface area (TPSA) is 60.2 Å². The van der Waals surface area contributed by atoms with Crippen LogP contribution in [0.3, 0.4) is 0 Å². The number of anilines is 1. The molecule has 2 rings (SSSR count). The first-order chi connectivity index (χ1) is 7.56. The van der Waals surface area contributed by atoms with Gasteiger partial charge < -0.3 is 5.73 Å². The second-order valence-corrected chi connectivity index (χ2v) is 5.27. The van der Waals surface area contributed by atoms with E-state index in [0.717, 1.165) is 10.8 Å². The molecule has 0 spiro atoms. The van der Waals surface area contributed by atoms with Crippen LogP contribution in [0.2, 0.25) is 0 Å². The second-order valence-electron chi connectivity index (χ2n) is 3.41. The molecule has 0 saturated heterocycles. The van der Waals surface area contributed by atoms with Crippen molar-refractivity contribution in [1.29, 1.82) is 0 Å². The second kappa shape index (κ2) is 3.64. The van der Waals surface area contributed by atoms with Gasteiger partial charge >= 0.3 is 0 Å². The van der Waals surface area contributed by atoms with Crippen molar-refractivity contribution in [1.82, 2.24) is 0 Å². The van der Waals surface area contributed by atoms with Gasteiger partial charge in [-0.15, -0.1) is 0 Å². The number of fused-ring (bicyclic) bond motifs is 1. The Hall–Kier alpha value is -1.81. The molecule has 3 nitrogen and oxygen atoms in total. The van der Waals surface area contributed by atoms with Gasteiger partial charge in [0.05, 0.1) is 4.90 Å².